The van der Waals surface area contributed by atoms with Crippen molar-refractivity contribution in [3.63, 3.8) is 0 Å². The smallest absolute Gasteiger partial charge is 0.332 e. The van der Waals surface area contributed by atoms with Crippen LogP contribution in [0, 0.1) is 0 Å². The first-order chi connectivity index (χ1) is 12.1. The molecular weight excluding hydrogens is 392 g/mol. The largest absolute Gasteiger partial charge is 0.417 e. The van der Waals surface area contributed by atoms with E-state index in [-0.39, 0.29) is 22.8 Å². The highest BCUT2D eigenvalue weighted by Crippen LogP contribution is 2.36. The SMILES string of the molecule is CN(CC(=O)Nc1ccc(Cl)c(C(F)(F)F)c1)C(=O)c1ccccc1Cl. The Balaban J connectivity index is 2.07. The van der Waals surface area contributed by atoms with Gasteiger partial charge in [-0.1, -0.05) is 35.3 Å². The Bertz CT molecular complexity index is 841. The van der Waals surface area contributed by atoms with Crippen molar-refractivity contribution in [2.24, 2.45) is 0 Å². The first-order valence-electron chi connectivity index (χ1n) is 7.26. The molecule has 2 aromatic rings. The van der Waals surface area contributed by atoms with Crippen molar-refractivity contribution < 1.29 is 22.8 Å². The molecule has 0 aliphatic heterocycles. The maximum Gasteiger partial charge on any atom is 0.417 e. The highest BCUT2D eigenvalue weighted by molar-refractivity contribution is 6.33. The summed E-state index contributed by atoms with van der Waals surface area (Å²) in [5.74, 6) is -1.15. The van der Waals surface area contributed by atoms with Crippen molar-refractivity contribution in [3.05, 3.63) is 63.6 Å². The number of nitrogens with zero attached hydrogens (tertiary/aromatic N) is 1. The van der Waals surface area contributed by atoms with Gasteiger partial charge in [0.25, 0.3) is 5.91 Å². The summed E-state index contributed by atoms with van der Waals surface area (Å²) in [7, 11) is 1.38. The average molecular weight is 405 g/mol. The molecular formula is C17H13Cl2F3N2O2. The maximum absolute atomic E-state index is 12.8. The van der Waals surface area contributed by atoms with Crippen molar-refractivity contribution >= 4 is 40.7 Å². The third-order valence-corrected chi connectivity index (χ3v) is 4.05. The lowest BCUT2D eigenvalue weighted by molar-refractivity contribution is -0.137. The predicted molar refractivity (Wildman–Crippen MR) is 93.5 cm³/mol. The summed E-state index contributed by atoms with van der Waals surface area (Å²) in [5, 5.41) is 2.07. The van der Waals surface area contributed by atoms with Crippen LogP contribution in [0.4, 0.5) is 18.9 Å². The second-order valence-corrected chi connectivity index (χ2v) is 6.20. The molecule has 0 unspecified atom stereocenters. The molecule has 0 spiro atoms. The van der Waals surface area contributed by atoms with Gasteiger partial charge in [-0.25, -0.2) is 0 Å². The van der Waals surface area contributed by atoms with E-state index >= 15 is 0 Å². The molecule has 2 amide bonds. The zero-order valence-corrected chi connectivity index (χ0v) is 14.9. The van der Waals surface area contributed by atoms with E-state index in [1.807, 2.05) is 0 Å². The fraction of sp³-hybridized carbons (Fsp3) is 0.176. The molecule has 2 rings (SSSR count). The van der Waals surface area contributed by atoms with Crippen LogP contribution in [0.5, 0.6) is 0 Å². The van der Waals surface area contributed by atoms with Crippen molar-refractivity contribution in [3.8, 4) is 0 Å². The molecule has 0 bridgehead atoms. The lowest BCUT2D eigenvalue weighted by Crippen LogP contribution is -2.35. The van der Waals surface area contributed by atoms with E-state index < -0.39 is 28.6 Å². The highest BCUT2D eigenvalue weighted by Gasteiger charge is 2.33. The molecule has 0 aliphatic carbocycles. The van der Waals surface area contributed by atoms with E-state index in [0.29, 0.717) is 0 Å². The summed E-state index contributed by atoms with van der Waals surface area (Å²) in [6.45, 7) is -0.367. The number of nitrogens with one attached hydrogen (secondary N) is 1. The number of benzene rings is 2. The third kappa shape index (κ3) is 4.89. The van der Waals surface area contributed by atoms with Gasteiger partial charge in [-0.3, -0.25) is 9.59 Å². The van der Waals surface area contributed by atoms with Crippen LogP contribution in [0.3, 0.4) is 0 Å². The van der Waals surface area contributed by atoms with Crippen LogP contribution in [-0.2, 0) is 11.0 Å². The number of anilines is 1. The number of rotatable bonds is 4. The summed E-state index contributed by atoms with van der Waals surface area (Å²) < 4.78 is 38.5. The molecule has 138 valence electrons. The van der Waals surface area contributed by atoms with E-state index in [4.69, 9.17) is 23.2 Å². The van der Waals surface area contributed by atoms with Gasteiger partial charge in [-0.05, 0) is 30.3 Å². The zero-order valence-electron chi connectivity index (χ0n) is 13.4. The fourth-order valence-electron chi connectivity index (χ4n) is 2.15. The Morgan fingerprint density at radius 2 is 1.73 bits per heavy atom. The molecule has 0 saturated heterocycles. The van der Waals surface area contributed by atoms with Crippen LogP contribution in [0.25, 0.3) is 0 Å². The lowest BCUT2D eigenvalue weighted by Gasteiger charge is -2.18. The fourth-order valence-corrected chi connectivity index (χ4v) is 2.59. The molecule has 0 aliphatic rings. The minimum absolute atomic E-state index is 0.0784. The average Bonchev–Trinajstić information content (AvgIpc) is 2.55. The minimum atomic E-state index is -4.64. The minimum Gasteiger partial charge on any atom is -0.332 e. The summed E-state index contributed by atoms with van der Waals surface area (Å²) in [4.78, 5) is 25.4. The summed E-state index contributed by atoms with van der Waals surface area (Å²) in [5.41, 5.74) is -0.918. The van der Waals surface area contributed by atoms with Gasteiger partial charge in [-0.2, -0.15) is 13.2 Å². The Morgan fingerprint density at radius 1 is 1.08 bits per heavy atom. The van der Waals surface area contributed by atoms with E-state index in [9.17, 15) is 22.8 Å². The lowest BCUT2D eigenvalue weighted by atomic mass is 10.2. The first kappa shape index (κ1) is 20.1. The second kappa shape index (κ2) is 7.97. The normalized spacial score (nSPS) is 11.2. The Kier molecular flexibility index (Phi) is 6.15. The van der Waals surface area contributed by atoms with Gasteiger partial charge in [0.1, 0.15) is 0 Å². The number of hydrogen-bond acceptors (Lipinski definition) is 2. The van der Waals surface area contributed by atoms with Crippen LogP contribution >= 0.6 is 23.2 Å². The topological polar surface area (TPSA) is 49.4 Å². The number of carbonyl (C=O) groups is 2. The maximum atomic E-state index is 12.8. The number of halogens is 5. The van der Waals surface area contributed by atoms with Gasteiger partial charge >= 0.3 is 6.18 Å². The molecule has 9 heteroatoms. The molecule has 0 aromatic heterocycles. The molecule has 2 aromatic carbocycles. The van der Waals surface area contributed by atoms with Crippen molar-refractivity contribution in [2.45, 2.75) is 6.18 Å². The quantitative estimate of drug-likeness (QED) is 0.800. The van der Waals surface area contributed by atoms with Gasteiger partial charge in [0.15, 0.2) is 0 Å². The van der Waals surface area contributed by atoms with Crippen LogP contribution < -0.4 is 5.32 Å². The Labute approximate surface area is 157 Å². The van der Waals surface area contributed by atoms with E-state index in [0.717, 1.165) is 17.0 Å². The van der Waals surface area contributed by atoms with E-state index in [1.54, 1.807) is 12.1 Å². The van der Waals surface area contributed by atoms with Gasteiger partial charge in [0.05, 0.1) is 27.7 Å². The van der Waals surface area contributed by atoms with Gasteiger partial charge in [0.2, 0.25) is 5.91 Å². The molecule has 0 atom stereocenters. The van der Waals surface area contributed by atoms with Crippen molar-refractivity contribution in [2.75, 3.05) is 18.9 Å². The molecule has 0 fully saturated rings. The van der Waals surface area contributed by atoms with Crippen LogP contribution in [0.2, 0.25) is 10.0 Å². The van der Waals surface area contributed by atoms with E-state index in [2.05, 4.69) is 5.32 Å². The molecule has 0 radical (unpaired) electrons. The number of amides is 2. The monoisotopic (exact) mass is 404 g/mol. The van der Waals surface area contributed by atoms with E-state index in [1.165, 1.54) is 25.2 Å². The molecule has 4 nitrogen and oxygen atoms in total. The summed E-state index contributed by atoms with van der Waals surface area (Å²) in [6, 6.07) is 9.34. The van der Waals surface area contributed by atoms with Crippen LogP contribution in [0.1, 0.15) is 15.9 Å². The zero-order chi connectivity index (χ0) is 19.5. The number of alkyl halides is 3. The molecule has 1 N–H and O–H groups in total. The van der Waals surface area contributed by atoms with Gasteiger partial charge in [0, 0.05) is 12.7 Å². The van der Waals surface area contributed by atoms with Gasteiger partial charge < -0.3 is 10.2 Å². The predicted octanol–water partition coefficient (Wildman–Crippen LogP) is 4.72. The number of hydrogen-bond donors (Lipinski definition) is 1. The number of carbonyl (C=O) groups excluding carboxylic acids is 2. The number of likely N-dealkylation sites (N-methyl/N-ethyl adjacent to an activating group) is 1. The third-order valence-electron chi connectivity index (χ3n) is 3.39. The standard InChI is InChI=1S/C17H13Cl2F3N2O2/c1-24(16(26)11-4-2-3-5-13(11)18)9-15(25)23-10-6-7-14(19)12(8-10)17(20,21)22/h2-8H,9H2,1H3,(H,23,25). The Morgan fingerprint density at radius 3 is 2.35 bits per heavy atom. The Hall–Kier alpha value is -2.25. The highest BCUT2D eigenvalue weighted by atomic mass is 35.5. The van der Waals surface area contributed by atoms with Crippen LogP contribution in [-0.4, -0.2) is 30.3 Å². The summed E-state index contributed by atoms with van der Waals surface area (Å²) >= 11 is 11.5. The van der Waals surface area contributed by atoms with Crippen LogP contribution in [0.15, 0.2) is 42.5 Å². The first-order valence-corrected chi connectivity index (χ1v) is 8.02. The second-order valence-electron chi connectivity index (χ2n) is 5.38. The van der Waals surface area contributed by atoms with Crippen molar-refractivity contribution in [1.29, 1.82) is 0 Å². The van der Waals surface area contributed by atoms with Gasteiger partial charge in [-0.15, -0.1) is 0 Å². The summed E-state index contributed by atoms with van der Waals surface area (Å²) in [6.07, 6.45) is -4.64. The van der Waals surface area contributed by atoms with Crippen molar-refractivity contribution in [1.82, 2.24) is 4.90 Å². The molecule has 0 heterocycles. The molecule has 26 heavy (non-hydrogen) atoms. The molecule has 0 saturated carbocycles.